The lowest BCUT2D eigenvalue weighted by Crippen LogP contribution is -2.38. The minimum absolute atomic E-state index is 0.0142. The molecule has 4 N–H and O–H groups in total. The molecule has 0 atom stereocenters. The number of amides is 1. The van der Waals surface area contributed by atoms with Gasteiger partial charge in [-0.25, -0.2) is 4.98 Å². The standard InChI is InChI=1S/C34H40N6O4/c1-34(2,3)25-11-9-24(10-12-25)32(42)36-29-6-4-5-27(28(29)22-41)31-37-30(38-33(35)39-31)21-23-7-13-26(14-8-23)44-20-17-40-15-18-43-19-16-40/h4-14,41H,15-22H2,1-3H3,(H,36,42)(H2,35,37,38,39). The van der Waals surface area contributed by atoms with Crippen LogP contribution in [-0.4, -0.2) is 70.3 Å². The smallest absolute Gasteiger partial charge is 0.255 e. The highest BCUT2D eigenvalue weighted by Gasteiger charge is 2.18. The van der Waals surface area contributed by atoms with E-state index in [2.05, 4.69) is 45.9 Å². The summed E-state index contributed by atoms with van der Waals surface area (Å²) in [5.74, 6) is 1.41. The van der Waals surface area contributed by atoms with Crippen LogP contribution in [0.5, 0.6) is 5.75 Å². The zero-order chi connectivity index (χ0) is 31.1. The predicted molar refractivity (Wildman–Crippen MR) is 171 cm³/mol. The van der Waals surface area contributed by atoms with E-state index in [1.165, 1.54) is 0 Å². The number of benzene rings is 3. The number of aliphatic hydroxyl groups is 1. The Labute approximate surface area is 258 Å². The monoisotopic (exact) mass is 596 g/mol. The summed E-state index contributed by atoms with van der Waals surface area (Å²) in [4.78, 5) is 28.8. The number of carbonyl (C=O) groups excluding carboxylic acids is 1. The molecule has 44 heavy (non-hydrogen) atoms. The third-order valence-corrected chi connectivity index (χ3v) is 7.60. The Kier molecular flexibility index (Phi) is 9.84. The van der Waals surface area contributed by atoms with Crippen molar-refractivity contribution in [3.05, 3.63) is 94.8 Å². The zero-order valence-electron chi connectivity index (χ0n) is 25.5. The van der Waals surface area contributed by atoms with E-state index in [4.69, 9.17) is 15.2 Å². The topological polar surface area (TPSA) is 136 Å². The summed E-state index contributed by atoms with van der Waals surface area (Å²) < 4.78 is 11.3. The second kappa shape index (κ2) is 13.9. The van der Waals surface area contributed by atoms with E-state index >= 15 is 0 Å². The van der Waals surface area contributed by atoms with Gasteiger partial charge in [0.05, 0.1) is 19.8 Å². The van der Waals surface area contributed by atoms with E-state index in [0.29, 0.717) is 47.1 Å². The molecule has 4 aromatic rings. The summed E-state index contributed by atoms with van der Waals surface area (Å²) in [6.07, 6.45) is 0.434. The molecule has 0 radical (unpaired) electrons. The molecule has 10 heteroatoms. The van der Waals surface area contributed by atoms with Crippen LogP contribution in [0, 0.1) is 0 Å². The van der Waals surface area contributed by atoms with Gasteiger partial charge in [0, 0.05) is 48.4 Å². The summed E-state index contributed by atoms with van der Waals surface area (Å²) >= 11 is 0. The van der Waals surface area contributed by atoms with E-state index in [1.807, 2.05) is 48.5 Å². The average molecular weight is 597 g/mol. The van der Waals surface area contributed by atoms with Crippen molar-refractivity contribution >= 4 is 17.5 Å². The van der Waals surface area contributed by atoms with Crippen molar-refractivity contribution in [3.8, 4) is 17.1 Å². The highest BCUT2D eigenvalue weighted by Crippen LogP contribution is 2.29. The molecule has 230 valence electrons. The highest BCUT2D eigenvalue weighted by atomic mass is 16.5. The predicted octanol–water partition coefficient (Wildman–Crippen LogP) is 4.46. The number of anilines is 2. The molecule has 1 fully saturated rings. The molecule has 1 amide bonds. The van der Waals surface area contributed by atoms with Crippen molar-refractivity contribution in [2.24, 2.45) is 0 Å². The van der Waals surface area contributed by atoms with Crippen molar-refractivity contribution in [1.82, 2.24) is 19.9 Å². The number of morpholine rings is 1. The molecule has 10 nitrogen and oxygen atoms in total. The van der Waals surface area contributed by atoms with Gasteiger partial charge in [-0.2, -0.15) is 9.97 Å². The maximum absolute atomic E-state index is 13.1. The normalized spacial score (nSPS) is 13.9. The Bertz CT molecular complexity index is 1560. The summed E-state index contributed by atoms with van der Waals surface area (Å²) in [5, 5.41) is 13.3. The number of ether oxygens (including phenoxy) is 2. The van der Waals surface area contributed by atoms with Gasteiger partial charge in [0.2, 0.25) is 5.95 Å². The molecule has 1 aliphatic heterocycles. The number of rotatable bonds is 10. The zero-order valence-corrected chi connectivity index (χ0v) is 25.5. The largest absolute Gasteiger partial charge is 0.492 e. The molecule has 3 aromatic carbocycles. The first kappa shape index (κ1) is 31.1. The van der Waals surface area contributed by atoms with Crippen molar-refractivity contribution in [3.63, 3.8) is 0 Å². The molecule has 0 spiro atoms. The summed E-state index contributed by atoms with van der Waals surface area (Å²) in [5.41, 5.74) is 10.2. The Morgan fingerprint density at radius 3 is 2.41 bits per heavy atom. The second-order valence-corrected chi connectivity index (χ2v) is 11.8. The van der Waals surface area contributed by atoms with Crippen LogP contribution in [0.25, 0.3) is 11.4 Å². The molecular weight excluding hydrogens is 556 g/mol. The van der Waals surface area contributed by atoms with Gasteiger partial charge in [-0.05, 0) is 46.9 Å². The third-order valence-electron chi connectivity index (χ3n) is 7.60. The van der Waals surface area contributed by atoms with Crippen LogP contribution in [0.3, 0.4) is 0 Å². The van der Waals surface area contributed by atoms with E-state index in [1.54, 1.807) is 18.2 Å². The number of nitrogens with one attached hydrogen (secondary N) is 1. The summed E-state index contributed by atoms with van der Waals surface area (Å²) in [7, 11) is 0. The summed E-state index contributed by atoms with van der Waals surface area (Å²) in [6, 6.07) is 20.7. The van der Waals surface area contributed by atoms with Crippen LogP contribution in [-0.2, 0) is 23.2 Å². The van der Waals surface area contributed by atoms with Crippen molar-refractivity contribution in [2.45, 2.75) is 39.2 Å². The maximum atomic E-state index is 13.1. The lowest BCUT2D eigenvalue weighted by atomic mass is 9.86. The minimum Gasteiger partial charge on any atom is -0.492 e. The minimum atomic E-state index is -0.331. The Hall–Kier alpha value is -4.38. The number of nitrogens with two attached hydrogens (primary N) is 1. The Morgan fingerprint density at radius 1 is 1.00 bits per heavy atom. The van der Waals surface area contributed by atoms with Crippen LogP contribution >= 0.6 is 0 Å². The van der Waals surface area contributed by atoms with Gasteiger partial charge >= 0.3 is 0 Å². The van der Waals surface area contributed by atoms with Crippen LogP contribution in [0.4, 0.5) is 11.6 Å². The lowest BCUT2D eigenvalue weighted by Gasteiger charge is -2.26. The van der Waals surface area contributed by atoms with Crippen molar-refractivity contribution < 1.29 is 19.4 Å². The van der Waals surface area contributed by atoms with Gasteiger partial charge in [-0.3, -0.25) is 9.69 Å². The van der Waals surface area contributed by atoms with E-state index < -0.39 is 0 Å². The fourth-order valence-corrected chi connectivity index (χ4v) is 5.04. The molecule has 0 aliphatic carbocycles. The molecule has 1 saturated heterocycles. The molecule has 0 saturated carbocycles. The van der Waals surface area contributed by atoms with Crippen LogP contribution in [0.1, 0.15) is 53.6 Å². The number of carbonyl (C=O) groups is 1. The van der Waals surface area contributed by atoms with E-state index in [-0.39, 0.29) is 23.9 Å². The first-order valence-corrected chi connectivity index (χ1v) is 14.9. The number of nitrogens with zero attached hydrogens (tertiary/aromatic N) is 4. The van der Waals surface area contributed by atoms with Gasteiger partial charge < -0.3 is 25.6 Å². The van der Waals surface area contributed by atoms with E-state index in [9.17, 15) is 9.90 Å². The van der Waals surface area contributed by atoms with Crippen molar-refractivity contribution in [1.29, 1.82) is 0 Å². The molecule has 5 rings (SSSR count). The first-order valence-electron chi connectivity index (χ1n) is 14.9. The molecule has 2 heterocycles. The molecule has 0 unspecified atom stereocenters. The number of aromatic nitrogens is 3. The molecular formula is C34H40N6O4. The highest BCUT2D eigenvalue weighted by molar-refractivity contribution is 6.05. The van der Waals surface area contributed by atoms with Gasteiger partial charge in [-0.1, -0.05) is 57.2 Å². The quantitative estimate of drug-likeness (QED) is 0.242. The summed E-state index contributed by atoms with van der Waals surface area (Å²) in [6.45, 7) is 10.9. The van der Waals surface area contributed by atoms with Gasteiger partial charge in [0.1, 0.15) is 18.2 Å². The molecule has 1 aromatic heterocycles. The second-order valence-electron chi connectivity index (χ2n) is 11.8. The number of nitrogen functional groups attached to an aromatic ring is 1. The number of aliphatic hydroxyl groups excluding tert-OH is 1. The fourth-order valence-electron chi connectivity index (χ4n) is 5.04. The van der Waals surface area contributed by atoms with Gasteiger partial charge in [0.25, 0.3) is 5.91 Å². The van der Waals surface area contributed by atoms with Crippen LogP contribution < -0.4 is 15.8 Å². The maximum Gasteiger partial charge on any atom is 0.255 e. The Morgan fingerprint density at radius 2 is 1.73 bits per heavy atom. The van der Waals surface area contributed by atoms with Crippen LogP contribution in [0.15, 0.2) is 66.7 Å². The average Bonchev–Trinajstić information content (AvgIpc) is 3.01. The molecule has 1 aliphatic rings. The number of hydrogen-bond acceptors (Lipinski definition) is 9. The van der Waals surface area contributed by atoms with Gasteiger partial charge in [-0.15, -0.1) is 0 Å². The lowest BCUT2D eigenvalue weighted by molar-refractivity contribution is 0.0322. The molecule has 0 bridgehead atoms. The van der Waals surface area contributed by atoms with Gasteiger partial charge in [0.15, 0.2) is 5.82 Å². The van der Waals surface area contributed by atoms with E-state index in [0.717, 1.165) is 49.7 Å². The third kappa shape index (κ3) is 7.96. The number of hydrogen-bond donors (Lipinski definition) is 3. The first-order chi connectivity index (χ1) is 21.2. The van der Waals surface area contributed by atoms with Crippen molar-refractivity contribution in [2.75, 3.05) is 50.5 Å². The van der Waals surface area contributed by atoms with Crippen LogP contribution in [0.2, 0.25) is 0 Å². The fraction of sp³-hybridized carbons (Fsp3) is 0.353. The SMILES string of the molecule is CC(C)(C)c1ccc(C(=O)Nc2cccc(-c3nc(N)nc(Cc4ccc(OCCN5CCOCC5)cc4)n3)c2CO)cc1. The Balaban J connectivity index is 1.28.